The molecule has 1 N–H and O–H groups in total. The van der Waals surface area contributed by atoms with Crippen LogP contribution in [0.3, 0.4) is 0 Å². The van der Waals surface area contributed by atoms with E-state index in [1.54, 1.807) is 0 Å². The number of carbonyl (C=O) groups is 1. The summed E-state index contributed by atoms with van der Waals surface area (Å²) in [6.07, 6.45) is 0.977. The van der Waals surface area contributed by atoms with E-state index in [0.29, 0.717) is 0 Å². The fourth-order valence-corrected chi connectivity index (χ4v) is 4.29. The molecule has 1 aromatic carbocycles. The van der Waals surface area contributed by atoms with Gasteiger partial charge in [-0.25, -0.2) is 0 Å². The fourth-order valence-electron chi connectivity index (χ4n) is 1.35. The molecule has 0 amide bonds. The Kier molecular flexibility index (Phi) is 5.89. The number of halogens is 1. The number of rotatable bonds is 6. The predicted molar refractivity (Wildman–Crippen MR) is 67.8 cm³/mol. The first-order valence-corrected chi connectivity index (χ1v) is 7.49. The zero-order chi connectivity index (χ0) is 12.0. The Morgan fingerprint density at radius 3 is 2.56 bits per heavy atom. The summed E-state index contributed by atoms with van der Waals surface area (Å²) in [5, 5.41) is 8.81. The summed E-state index contributed by atoms with van der Waals surface area (Å²) >= 11 is 6.30. The number of hydrogen-bond donors (Lipinski definition) is 1. The zero-order valence-corrected chi connectivity index (χ0v) is 11.6. The number of aliphatic carboxylic acids is 1. The number of carboxylic acid groups (broad SMARTS) is 1. The molecule has 0 spiro atoms. The van der Waals surface area contributed by atoms with Gasteiger partial charge in [0.05, 0.1) is 0 Å². The van der Waals surface area contributed by atoms with Crippen LogP contribution in [0.4, 0.5) is 0 Å². The molecule has 0 heterocycles. The van der Waals surface area contributed by atoms with Crippen molar-refractivity contribution in [3.8, 4) is 0 Å². The van der Waals surface area contributed by atoms with E-state index in [2.05, 4.69) is 0 Å². The molecule has 0 saturated heterocycles. The molecule has 0 aliphatic heterocycles. The number of hydrogen-bond acceptors (Lipinski definition) is 1. The zero-order valence-electron chi connectivity index (χ0n) is 9.10. The molecule has 0 aliphatic rings. The first-order chi connectivity index (χ1) is 7.63. The minimum absolute atomic E-state index is 0.0451. The standard InChI is InChI=1S/C12H15ClO2Se/c1-2-10(13)11(8-12(14)15)16-9-6-4-3-5-7-9/h3-7,10-11H,2,8H2,1H3,(H,14,15). The summed E-state index contributed by atoms with van der Waals surface area (Å²) in [5.41, 5.74) is 0. The van der Waals surface area contributed by atoms with Crippen LogP contribution >= 0.6 is 11.6 Å². The second-order valence-electron chi connectivity index (χ2n) is 3.49. The van der Waals surface area contributed by atoms with Gasteiger partial charge in [0.2, 0.25) is 0 Å². The molecular formula is C12H15ClO2Se. The van der Waals surface area contributed by atoms with E-state index < -0.39 is 5.97 Å². The van der Waals surface area contributed by atoms with E-state index in [4.69, 9.17) is 16.7 Å². The summed E-state index contributed by atoms with van der Waals surface area (Å²) in [7, 11) is 0. The predicted octanol–water partition coefficient (Wildman–Crippen LogP) is 2.30. The molecule has 1 rings (SSSR count). The summed E-state index contributed by atoms with van der Waals surface area (Å²) in [6.45, 7) is 1.99. The number of benzene rings is 1. The van der Waals surface area contributed by atoms with Crippen molar-refractivity contribution in [3.63, 3.8) is 0 Å². The van der Waals surface area contributed by atoms with Gasteiger partial charge >= 0.3 is 107 Å². The van der Waals surface area contributed by atoms with Crippen LogP contribution in [-0.4, -0.2) is 31.4 Å². The molecule has 0 aromatic heterocycles. The van der Waals surface area contributed by atoms with Gasteiger partial charge in [0, 0.05) is 0 Å². The third-order valence-corrected chi connectivity index (χ3v) is 5.97. The molecule has 16 heavy (non-hydrogen) atoms. The summed E-state index contributed by atoms with van der Waals surface area (Å²) in [5.74, 6) is -0.762. The van der Waals surface area contributed by atoms with Gasteiger partial charge in [0.15, 0.2) is 0 Å². The molecule has 2 nitrogen and oxygen atoms in total. The molecular weight excluding hydrogens is 291 g/mol. The molecule has 1 aromatic rings. The molecule has 2 unspecified atom stereocenters. The second kappa shape index (κ2) is 6.95. The first kappa shape index (κ1) is 13.6. The van der Waals surface area contributed by atoms with Crippen molar-refractivity contribution in [3.05, 3.63) is 30.3 Å². The summed E-state index contributed by atoms with van der Waals surface area (Å²) in [4.78, 5) is 10.8. The van der Waals surface area contributed by atoms with Crippen LogP contribution in [-0.2, 0) is 4.79 Å². The molecule has 0 radical (unpaired) electrons. The molecule has 0 aliphatic carbocycles. The number of alkyl halides is 1. The topological polar surface area (TPSA) is 37.3 Å². The Balaban J connectivity index is 2.67. The van der Waals surface area contributed by atoms with Gasteiger partial charge in [0.1, 0.15) is 0 Å². The minimum atomic E-state index is -0.762. The molecule has 0 saturated carbocycles. The molecule has 0 fully saturated rings. The van der Waals surface area contributed by atoms with Gasteiger partial charge in [-0.1, -0.05) is 0 Å². The van der Waals surface area contributed by atoms with E-state index in [0.717, 1.165) is 6.42 Å². The Morgan fingerprint density at radius 1 is 1.44 bits per heavy atom. The normalized spacial score (nSPS) is 14.4. The molecule has 88 valence electrons. The first-order valence-electron chi connectivity index (χ1n) is 5.21. The van der Waals surface area contributed by atoms with Crippen molar-refractivity contribution < 1.29 is 9.90 Å². The van der Waals surface area contributed by atoms with Gasteiger partial charge in [-0.05, 0) is 0 Å². The van der Waals surface area contributed by atoms with E-state index in [1.165, 1.54) is 4.46 Å². The van der Waals surface area contributed by atoms with Crippen molar-refractivity contribution in [2.24, 2.45) is 0 Å². The average Bonchev–Trinajstić information content (AvgIpc) is 2.28. The Hall–Kier alpha value is -0.501. The maximum absolute atomic E-state index is 10.8. The van der Waals surface area contributed by atoms with Gasteiger partial charge in [0.25, 0.3) is 0 Å². The average molecular weight is 306 g/mol. The summed E-state index contributed by atoms with van der Waals surface area (Å²) in [6, 6.07) is 9.99. The Morgan fingerprint density at radius 2 is 2.06 bits per heavy atom. The van der Waals surface area contributed by atoms with Crippen LogP contribution in [0.2, 0.25) is 4.82 Å². The van der Waals surface area contributed by atoms with Crippen LogP contribution < -0.4 is 4.46 Å². The van der Waals surface area contributed by atoms with Crippen LogP contribution in [0.25, 0.3) is 0 Å². The SMILES string of the molecule is CCC(Cl)C(CC(=O)O)[Se]c1ccccc1. The van der Waals surface area contributed by atoms with Crippen LogP contribution in [0.5, 0.6) is 0 Å². The molecule has 0 bridgehead atoms. The van der Waals surface area contributed by atoms with E-state index in [9.17, 15) is 4.79 Å². The second-order valence-corrected chi connectivity index (χ2v) is 6.81. The monoisotopic (exact) mass is 306 g/mol. The van der Waals surface area contributed by atoms with Crippen LogP contribution in [0, 0.1) is 0 Å². The third-order valence-electron chi connectivity index (χ3n) is 2.20. The van der Waals surface area contributed by atoms with Crippen molar-refractivity contribution in [2.75, 3.05) is 0 Å². The quantitative estimate of drug-likeness (QED) is 0.647. The van der Waals surface area contributed by atoms with Gasteiger partial charge in [-0.15, -0.1) is 0 Å². The summed E-state index contributed by atoms with van der Waals surface area (Å²) < 4.78 is 1.21. The number of carboxylic acids is 1. The Bertz CT molecular complexity index is 329. The van der Waals surface area contributed by atoms with Crippen molar-refractivity contribution in [2.45, 2.75) is 30.0 Å². The van der Waals surface area contributed by atoms with E-state index >= 15 is 0 Å². The van der Waals surface area contributed by atoms with Crippen LogP contribution in [0.15, 0.2) is 30.3 Å². The molecule has 4 heteroatoms. The fraction of sp³-hybridized carbons (Fsp3) is 0.417. The van der Waals surface area contributed by atoms with Crippen molar-refractivity contribution in [1.29, 1.82) is 0 Å². The van der Waals surface area contributed by atoms with Crippen LogP contribution in [0.1, 0.15) is 19.8 Å². The van der Waals surface area contributed by atoms with E-state index in [-0.39, 0.29) is 31.6 Å². The third kappa shape index (κ3) is 4.56. The Labute approximate surface area is 107 Å². The van der Waals surface area contributed by atoms with Gasteiger partial charge in [-0.3, -0.25) is 0 Å². The molecule has 2 atom stereocenters. The van der Waals surface area contributed by atoms with E-state index in [1.807, 2.05) is 37.3 Å². The van der Waals surface area contributed by atoms with Gasteiger partial charge < -0.3 is 0 Å². The maximum atomic E-state index is 10.8. The van der Waals surface area contributed by atoms with Gasteiger partial charge in [-0.2, -0.15) is 0 Å². The van der Waals surface area contributed by atoms with Crippen molar-refractivity contribution in [1.82, 2.24) is 0 Å². The van der Waals surface area contributed by atoms with Crippen molar-refractivity contribution >= 4 is 37.0 Å².